The van der Waals surface area contributed by atoms with E-state index in [1.54, 1.807) is 26.1 Å². The summed E-state index contributed by atoms with van der Waals surface area (Å²) < 4.78 is 5.63. The van der Waals surface area contributed by atoms with Crippen molar-refractivity contribution in [3.8, 4) is 28.3 Å². The number of benzene rings is 2. The molecule has 2 aromatic carbocycles. The van der Waals surface area contributed by atoms with Gasteiger partial charge in [0.2, 0.25) is 5.88 Å². The van der Waals surface area contributed by atoms with Crippen LogP contribution in [-0.2, 0) is 22.4 Å². The molecule has 1 aliphatic carbocycles. The largest absolute Gasteiger partial charge is 0.481 e. The second kappa shape index (κ2) is 13.5. The molecule has 0 fully saturated rings. The van der Waals surface area contributed by atoms with Crippen LogP contribution in [0, 0.1) is 0 Å². The molecule has 0 bridgehead atoms. The highest BCUT2D eigenvalue weighted by atomic mass is 35.5. The fourth-order valence-electron chi connectivity index (χ4n) is 5.64. The summed E-state index contributed by atoms with van der Waals surface area (Å²) >= 11 is 7.15. The van der Waals surface area contributed by atoms with Gasteiger partial charge < -0.3 is 15.0 Å². The van der Waals surface area contributed by atoms with Crippen molar-refractivity contribution >= 4 is 29.1 Å². The number of anilines is 1. The first-order valence-electron chi connectivity index (χ1n) is 14.9. The molecule has 2 aliphatic rings. The zero-order valence-corrected chi connectivity index (χ0v) is 26.9. The number of fused-ring (bicyclic) bond motifs is 1. The van der Waals surface area contributed by atoms with Crippen LogP contribution in [0.15, 0.2) is 66.6 Å². The SMILES string of the molecule is C=C1N(C)C=C(C(=O)Nc2cccc(-c3cccc(-c4cc5c(c(OC)n4)CCC5)c3Cl)c2C(C)CC)C(=O)N1C.CC. The molecular weight excluding hydrogens is 560 g/mol. The molecule has 1 unspecified atom stereocenters. The molecule has 5 rings (SSSR count). The van der Waals surface area contributed by atoms with E-state index in [2.05, 4.69) is 31.8 Å². The minimum atomic E-state index is -0.475. The van der Waals surface area contributed by atoms with Gasteiger partial charge in [-0.15, -0.1) is 0 Å². The second-order valence-electron chi connectivity index (χ2n) is 10.6. The number of carbonyl (C=O) groups is 2. The zero-order chi connectivity index (χ0) is 31.4. The molecule has 7 nitrogen and oxygen atoms in total. The molecule has 2 amide bonds. The predicted molar refractivity (Wildman–Crippen MR) is 175 cm³/mol. The van der Waals surface area contributed by atoms with Gasteiger partial charge in [0.15, 0.2) is 0 Å². The Balaban J connectivity index is 0.00000207. The summed E-state index contributed by atoms with van der Waals surface area (Å²) in [6.45, 7) is 12.1. The molecule has 226 valence electrons. The summed E-state index contributed by atoms with van der Waals surface area (Å²) in [5.74, 6) is 0.379. The summed E-state index contributed by atoms with van der Waals surface area (Å²) in [5, 5.41) is 3.60. The van der Waals surface area contributed by atoms with Gasteiger partial charge in [0.05, 0.1) is 17.8 Å². The van der Waals surface area contributed by atoms with E-state index in [1.807, 2.05) is 50.2 Å². The predicted octanol–water partition coefficient (Wildman–Crippen LogP) is 7.80. The number of amides is 2. The monoisotopic (exact) mass is 600 g/mol. The van der Waals surface area contributed by atoms with E-state index >= 15 is 0 Å². The highest BCUT2D eigenvalue weighted by molar-refractivity contribution is 6.36. The standard InChI is InChI=1S/C33H35ClN4O3.C2H6/c1-7-19(2)29-23(13-10-16-27(29)35-31(39)26-18-37(4)20(3)38(5)33(26)40)24-14-9-15-25(30(24)34)28-17-21-11-8-12-22(21)32(36-28)41-6;1-2/h9-10,13-19H,3,7-8,11-12H2,1-2,4-6H3,(H,35,39);1-2H3. The average Bonchev–Trinajstić information content (AvgIpc) is 3.51. The molecule has 8 heteroatoms. The summed E-state index contributed by atoms with van der Waals surface area (Å²) in [6.07, 6.45) is 5.42. The number of nitrogens with zero attached hydrogens (tertiary/aromatic N) is 3. The Morgan fingerprint density at radius 1 is 1.12 bits per heavy atom. The van der Waals surface area contributed by atoms with E-state index in [9.17, 15) is 9.59 Å². The maximum Gasteiger partial charge on any atom is 0.266 e. The van der Waals surface area contributed by atoms with Crippen molar-refractivity contribution < 1.29 is 14.3 Å². The zero-order valence-electron chi connectivity index (χ0n) is 26.2. The Labute approximate surface area is 260 Å². The minimum absolute atomic E-state index is 0.0413. The molecule has 0 saturated heterocycles. The maximum absolute atomic E-state index is 13.4. The molecule has 43 heavy (non-hydrogen) atoms. The van der Waals surface area contributed by atoms with Crippen LogP contribution in [0.1, 0.15) is 63.1 Å². The smallest absolute Gasteiger partial charge is 0.266 e. The van der Waals surface area contributed by atoms with Crippen molar-refractivity contribution in [1.82, 2.24) is 14.8 Å². The van der Waals surface area contributed by atoms with Gasteiger partial charge in [-0.05, 0) is 60.4 Å². The molecule has 1 aromatic heterocycles. The van der Waals surface area contributed by atoms with Crippen molar-refractivity contribution in [1.29, 1.82) is 0 Å². The van der Waals surface area contributed by atoms with Gasteiger partial charge in [-0.25, -0.2) is 4.98 Å². The third kappa shape index (κ3) is 6.04. The molecule has 2 heterocycles. The van der Waals surface area contributed by atoms with E-state index in [-0.39, 0.29) is 11.5 Å². The Bertz CT molecular complexity index is 1600. The number of nitrogens with one attached hydrogen (secondary N) is 1. The van der Waals surface area contributed by atoms with Gasteiger partial charge in [0, 0.05) is 42.7 Å². The Morgan fingerprint density at radius 3 is 2.49 bits per heavy atom. The van der Waals surface area contributed by atoms with Crippen LogP contribution in [0.4, 0.5) is 5.69 Å². The number of halogens is 1. The number of pyridine rings is 1. The van der Waals surface area contributed by atoms with Crippen molar-refractivity contribution in [3.05, 3.63) is 88.4 Å². The van der Waals surface area contributed by atoms with Crippen molar-refractivity contribution in [3.63, 3.8) is 0 Å². The van der Waals surface area contributed by atoms with Gasteiger partial charge in [-0.2, -0.15) is 0 Å². The Hall–Kier alpha value is -4.10. The Kier molecular flexibility index (Phi) is 9.97. The summed E-state index contributed by atoms with van der Waals surface area (Å²) in [7, 11) is 5.02. The third-order valence-electron chi connectivity index (χ3n) is 8.17. The Morgan fingerprint density at radius 2 is 1.79 bits per heavy atom. The first-order chi connectivity index (χ1) is 20.7. The van der Waals surface area contributed by atoms with Crippen LogP contribution >= 0.6 is 11.6 Å². The summed E-state index contributed by atoms with van der Waals surface area (Å²) in [4.78, 5) is 34.2. The highest BCUT2D eigenvalue weighted by Gasteiger charge is 2.30. The molecule has 1 atom stereocenters. The van der Waals surface area contributed by atoms with Crippen molar-refractivity contribution in [2.75, 3.05) is 26.5 Å². The van der Waals surface area contributed by atoms with Gasteiger partial charge >= 0.3 is 0 Å². The molecule has 1 N–H and O–H groups in total. The van der Waals surface area contributed by atoms with Gasteiger partial charge in [0.1, 0.15) is 11.4 Å². The molecular formula is C35H41ClN4O3. The van der Waals surface area contributed by atoms with E-state index < -0.39 is 11.8 Å². The molecule has 3 aromatic rings. The topological polar surface area (TPSA) is 74.8 Å². The van der Waals surface area contributed by atoms with Crippen LogP contribution in [-0.4, -0.2) is 47.8 Å². The maximum atomic E-state index is 13.4. The lowest BCUT2D eigenvalue weighted by Crippen LogP contribution is -2.41. The van der Waals surface area contributed by atoms with E-state index in [1.165, 1.54) is 22.2 Å². The number of likely N-dealkylation sites (N-methyl/N-ethyl adjacent to an activating group) is 1. The molecule has 0 saturated carbocycles. The number of carbonyl (C=O) groups excluding carboxylic acids is 2. The van der Waals surface area contributed by atoms with Gasteiger partial charge in [0.25, 0.3) is 11.8 Å². The molecule has 1 aliphatic heterocycles. The van der Waals surface area contributed by atoms with Crippen LogP contribution < -0.4 is 10.1 Å². The van der Waals surface area contributed by atoms with E-state index in [0.717, 1.165) is 53.6 Å². The first kappa shape index (κ1) is 31.8. The minimum Gasteiger partial charge on any atom is -0.481 e. The van der Waals surface area contributed by atoms with Gasteiger partial charge in [-0.1, -0.05) is 76.2 Å². The third-order valence-corrected chi connectivity index (χ3v) is 8.57. The fourth-order valence-corrected chi connectivity index (χ4v) is 5.96. The number of hydrogen-bond donors (Lipinski definition) is 1. The normalized spacial score (nSPS) is 14.9. The lowest BCUT2D eigenvalue weighted by atomic mass is 9.87. The molecule has 0 spiro atoms. The highest BCUT2D eigenvalue weighted by Crippen LogP contribution is 2.43. The van der Waals surface area contributed by atoms with Crippen LogP contribution in [0.5, 0.6) is 5.88 Å². The number of rotatable bonds is 7. The molecule has 0 radical (unpaired) electrons. The lowest BCUT2D eigenvalue weighted by Gasteiger charge is -2.32. The van der Waals surface area contributed by atoms with Crippen LogP contribution in [0.2, 0.25) is 5.02 Å². The average molecular weight is 601 g/mol. The fraction of sp³-hybridized carbons (Fsp3) is 0.343. The van der Waals surface area contributed by atoms with Crippen LogP contribution in [0.25, 0.3) is 22.4 Å². The van der Waals surface area contributed by atoms with Crippen LogP contribution in [0.3, 0.4) is 0 Å². The number of aryl methyl sites for hydroxylation is 1. The van der Waals surface area contributed by atoms with Crippen molar-refractivity contribution in [2.45, 2.75) is 59.3 Å². The number of ether oxygens (including phenoxy) is 1. The quantitative estimate of drug-likeness (QED) is 0.280. The first-order valence-corrected chi connectivity index (χ1v) is 15.3. The van der Waals surface area contributed by atoms with E-state index in [0.29, 0.717) is 22.4 Å². The second-order valence-corrected chi connectivity index (χ2v) is 11.0. The lowest BCUT2D eigenvalue weighted by molar-refractivity contribution is -0.128. The van der Waals surface area contributed by atoms with E-state index in [4.69, 9.17) is 21.3 Å². The summed E-state index contributed by atoms with van der Waals surface area (Å²) in [6, 6.07) is 13.9. The number of methoxy groups -OCH3 is 1. The number of aromatic nitrogens is 1. The van der Waals surface area contributed by atoms with Crippen molar-refractivity contribution in [2.24, 2.45) is 0 Å². The van der Waals surface area contributed by atoms with Gasteiger partial charge in [-0.3, -0.25) is 14.5 Å². The summed E-state index contributed by atoms with van der Waals surface area (Å²) in [5.41, 5.74) is 7.45. The number of hydrogen-bond acceptors (Lipinski definition) is 5.